The molecule has 0 aromatic carbocycles. The van der Waals surface area contributed by atoms with Crippen molar-refractivity contribution in [3.8, 4) is 0 Å². The van der Waals surface area contributed by atoms with E-state index in [1.807, 2.05) is 12.1 Å². The van der Waals surface area contributed by atoms with Gasteiger partial charge in [-0.15, -0.1) is 0 Å². The van der Waals surface area contributed by atoms with Gasteiger partial charge in [0, 0.05) is 25.0 Å². The first-order valence-corrected chi connectivity index (χ1v) is 8.17. The van der Waals surface area contributed by atoms with Crippen molar-refractivity contribution in [2.24, 2.45) is 0 Å². The number of carbonyl (C=O) groups is 2. The van der Waals surface area contributed by atoms with Gasteiger partial charge in [0.25, 0.3) is 11.8 Å². The minimum absolute atomic E-state index is 0.217. The van der Waals surface area contributed by atoms with Gasteiger partial charge >= 0.3 is 0 Å². The van der Waals surface area contributed by atoms with Gasteiger partial charge in [-0.05, 0) is 42.7 Å². The topological polar surface area (TPSA) is 84.0 Å². The molecule has 1 fully saturated rings. The lowest BCUT2D eigenvalue weighted by Crippen LogP contribution is -2.33. The normalized spacial score (nSPS) is 14.3. The Bertz CT molecular complexity index is 712. The van der Waals surface area contributed by atoms with Crippen LogP contribution in [-0.4, -0.2) is 27.8 Å². The molecule has 1 saturated carbocycles. The van der Waals surface area contributed by atoms with Gasteiger partial charge in [0.1, 0.15) is 11.4 Å². The Morgan fingerprint density at radius 3 is 2.38 bits per heavy atom. The third-order valence-electron chi connectivity index (χ3n) is 4.11. The summed E-state index contributed by atoms with van der Waals surface area (Å²) in [5.41, 5.74) is 1.47. The highest BCUT2D eigenvalue weighted by atomic mass is 16.2. The van der Waals surface area contributed by atoms with E-state index in [4.69, 9.17) is 0 Å². The van der Waals surface area contributed by atoms with Gasteiger partial charge in [-0.1, -0.05) is 18.9 Å². The second kappa shape index (κ2) is 7.68. The summed E-state index contributed by atoms with van der Waals surface area (Å²) in [5, 5.41) is 5.77. The molecule has 24 heavy (non-hydrogen) atoms. The number of nitrogens with one attached hydrogen (secondary N) is 2. The van der Waals surface area contributed by atoms with Gasteiger partial charge < -0.3 is 10.6 Å². The number of pyridine rings is 2. The van der Waals surface area contributed by atoms with E-state index in [1.54, 1.807) is 30.6 Å². The fourth-order valence-corrected chi connectivity index (χ4v) is 2.79. The third kappa shape index (κ3) is 4.16. The molecule has 0 bridgehead atoms. The van der Waals surface area contributed by atoms with Crippen LogP contribution in [0.3, 0.4) is 0 Å². The highest BCUT2D eigenvalue weighted by Gasteiger charge is 2.19. The minimum atomic E-state index is -0.303. The van der Waals surface area contributed by atoms with Gasteiger partial charge in [-0.3, -0.25) is 14.6 Å². The average Bonchev–Trinajstić information content (AvgIpc) is 3.13. The molecule has 2 amide bonds. The Morgan fingerprint density at radius 2 is 1.67 bits per heavy atom. The fraction of sp³-hybridized carbons (Fsp3) is 0.333. The Balaban J connectivity index is 1.61. The molecule has 3 rings (SSSR count). The zero-order chi connectivity index (χ0) is 16.8. The van der Waals surface area contributed by atoms with Crippen molar-refractivity contribution in [1.29, 1.82) is 0 Å². The molecule has 0 aliphatic heterocycles. The first-order valence-electron chi connectivity index (χ1n) is 8.17. The molecule has 1 aliphatic rings. The zero-order valence-electron chi connectivity index (χ0n) is 13.4. The molecule has 2 aromatic heterocycles. The monoisotopic (exact) mass is 324 g/mol. The van der Waals surface area contributed by atoms with Crippen LogP contribution in [0.2, 0.25) is 0 Å². The Hall–Kier alpha value is -2.76. The van der Waals surface area contributed by atoms with E-state index in [0.717, 1.165) is 31.2 Å². The molecular formula is C18H20N4O2. The molecule has 6 heteroatoms. The smallest absolute Gasteiger partial charge is 0.270 e. The average molecular weight is 324 g/mol. The van der Waals surface area contributed by atoms with Crippen molar-refractivity contribution in [2.75, 3.05) is 0 Å². The lowest BCUT2D eigenvalue weighted by atomic mass is 10.2. The highest BCUT2D eigenvalue weighted by molar-refractivity contribution is 5.96. The third-order valence-corrected chi connectivity index (χ3v) is 4.11. The van der Waals surface area contributed by atoms with E-state index in [1.165, 1.54) is 0 Å². The van der Waals surface area contributed by atoms with Crippen LogP contribution in [-0.2, 0) is 6.54 Å². The maximum atomic E-state index is 12.2. The van der Waals surface area contributed by atoms with Crippen LogP contribution in [0.25, 0.3) is 0 Å². The van der Waals surface area contributed by atoms with Gasteiger partial charge in [-0.2, -0.15) is 0 Å². The number of rotatable bonds is 5. The number of carbonyl (C=O) groups excluding carboxylic acids is 2. The number of nitrogens with zero attached hydrogens (tertiary/aromatic N) is 2. The van der Waals surface area contributed by atoms with Gasteiger partial charge in [0.05, 0.1) is 0 Å². The lowest BCUT2D eigenvalue weighted by Gasteiger charge is -2.12. The van der Waals surface area contributed by atoms with Crippen molar-refractivity contribution in [2.45, 2.75) is 38.3 Å². The second-order valence-corrected chi connectivity index (χ2v) is 5.90. The van der Waals surface area contributed by atoms with E-state index >= 15 is 0 Å². The molecule has 2 heterocycles. The molecular weight excluding hydrogens is 304 g/mol. The number of aromatic nitrogens is 2. The Labute approximate surface area is 140 Å². The molecule has 0 radical (unpaired) electrons. The van der Waals surface area contributed by atoms with Crippen LogP contribution >= 0.6 is 0 Å². The largest absolute Gasteiger partial charge is 0.348 e. The van der Waals surface area contributed by atoms with Crippen LogP contribution < -0.4 is 10.6 Å². The van der Waals surface area contributed by atoms with Crippen LogP contribution in [0, 0.1) is 0 Å². The van der Waals surface area contributed by atoms with Gasteiger partial charge in [0.15, 0.2) is 0 Å². The number of amides is 2. The van der Waals surface area contributed by atoms with E-state index < -0.39 is 0 Å². The van der Waals surface area contributed by atoms with Crippen molar-refractivity contribution in [3.63, 3.8) is 0 Å². The van der Waals surface area contributed by atoms with E-state index in [2.05, 4.69) is 20.6 Å². The summed E-state index contributed by atoms with van der Waals surface area (Å²) in [6.45, 7) is 0.390. The van der Waals surface area contributed by atoms with Crippen LogP contribution in [0.5, 0.6) is 0 Å². The quantitative estimate of drug-likeness (QED) is 0.882. The van der Waals surface area contributed by atoms with Crippen molar-refractivity contribution in [1.82, 2.24) is 20.6 Å². The predicted octanol–water partition coefficient (Wildman–Crippen LogP) is 2.08. The molecule has 124 valence electrons. The van der Waals surface area contributed by atoms with Crippen molar-refractivity contribution < 1.29 is 9.59 Å². The first-order chi connectivity index (χ1) is 11.7. The molecule has 1 aliphatic carbocycles. The fourth-order valence-electron chi connectivity index (χ4n) is 2.79. The van der Waals surface area contributed by atoms with E-state index in [9.17, 15) is 9.59 Å². The molecule has 0 unspecified atom stereocenters. The van der Waals surface area contributed by atoms with Crippen LogP contribution in [0.15, 0.2) is 42.7 Å². The molecule has 0 spiro atoms. The molecule has 0 saturated heterocycles. The maximum absolute atomic E-state index is 12.2. The summed E-state index contributed by atoms with van der Waals surface area (Å²) in [4.78, 5) is 32.6. The highest BCUT2D eigenvalue weighted by Crippen LogP contribution is 2.18. The van der Waals surface area contributed by atoms with E-state index in [0.29, 0.717) is 6.54 Å². The van der Waals surface area contributed by atoms with Gasteiger partial charge in [-0.25, -0.2) is 4.98 Å². The Kier molecular flexibility index (Phi) is 5.15. The summed E-state index contributed by atoms with van der Waals surface area (Å²) in [6.07, 6.45) is 7.67. The van der Waals surface area contributed by atoms with Crippen molar-refractivity contribution in [3.05, 3.63) is 59.7 Å². The summed E-state index contributed by atoms with van der Waals surface area (Å²) in [7, 11) is 0. The SMILES string of the molecule is O=C(NCc1ccncc1)c1cccc(C(=O)NC2CCCC2)n1. The summed E-state index contributed by atoms with van der Waals surface area (Å²) in [5.74, 6) is -0.520. The van der Waals surface area contributed by atoms with Crippen LogP contribution in [0.4, 0.5) is 0 Å². The Morgan fingerprint density at radius 1 is 1.00 bits per heavy atom. The molecule has 2 aromatic rings. The summed E-state index contributed by atoms with van der Waals surface area (Å²) >= 11 is 0. The zero-order valence-corrected chi connectivity index (χ0v) is 13.4. The summed E-state index contributed by atoms with van der Waals surface area (Å²) < 4.78 is 0. The van der Waals surface area contributed by atoms with Crippen LogP contribution in [0.1, 0.15) is 52.2 Å². The number of hydrogen-bond donors (Lipinski definition) is 2. The van der Waals surface area contributed by atoms with Gasteiger partial charge in [0.2, 0.25) is 0 Å². The van der Waals surface area contributed by atoms with E-state index in [-0.39, 0.29) is 29.2 Å². The molecule has 2 N–H and O–H groups in total. The maximum Gasteiger partial charge on any atom is 0.270 e. The predicted molar refractivity (Wildman–Crippen MR) is 89.4 cm³/mol. The standard InChI is InChI=1S/C18H20N4O2/c23-17(20-12-13-8-10-19-11-9-13)15-6-3-7-16(22-15)18(24)21-14-4-1-2-5-14/h3,6-11,14H,1-2,4-5,12H2,(H,20,23)(H,21,24). The van der Waals surface area contributed by atoms with Crippen molar-refractivity contribution >= 4 is 11.8 Å². The molecule has 0 atom stereocenters. The molecule has 6 nitrogen and oxygen atoms in total. The lowest BCUT2D eigenvalue weighted by molar-refractivity contribution is 0.0931. The minimum Gasteiger partial charge on any atom is -0.348 e. The summed E-state index contributed by atoms with van der Waals surface area (Å²) in [6, 6.07) is 8.80. The first kappa shape index (κ1) is 16.1. The second-order valence-electron chi connectivity index (χ2n) is 5.90. The number of hydrogen-bond acceptors (Lipinski definition) is 4.